The van der Waals surface area contributed by atoms with Crippen LogP contribution in [0.25, 0.3) is 22.2 Å². The maximum Gasteiger partial charge on any atom is 0.214 e. The minimum absolute atomic E-state index is 0.155. The Labute approximate surface area is 116 Å². The van der Waals surface area contributed by atoms with Gasteiger partial charge in [-0.2, -0.15) is 0 Å². The van der Waals surface area contributed by atoms with Crippen LogP contribution >= 0.6 is 15.9 Å². The fourth-order valence-electron chi connectivity index (χ4n) is 1.93. The third-order valence-electron chi connectivity index (χ3n) is 2.86. The van der Waals surface area contributed by atoms with Crippen LogP contribution in [0, 0.1) is 5.82 Å². The maximum absolute atomic E-state index is 13.1. The molecule has 0 radical (unpaired) electrons. The van der Waals surface area contributed by atoms with Crippen LogP contribution in [-0.4, -0.2) is 4.98 Å². The van der Waals surface area contributed by atoms with Crippen LogP contribution in [0.5, 0.6) is 0 Å². The number of halogens is 2. The van der Waals surface area contributed by atoms with Crippen molar-refractivity contribution in [3.8, 4) is 11.3 Å². The summed E-state index contributed by atoms with van der Waals surface area (Å²) in [5.41, 5.74) is 13.6. The van der Waals surface area contributed by atoms with Crippen molar-refractivity contribution >= 4 is 38.5 Å². The van der Waals surface area contributed by atoms with Gasteiger partial charge in [0.15, 0.2) is 5.58 Å². The number of rotatable bonds is 1. The van der Waals surface area contributed by atoms with Gasteiger partial charge in [0.25, 0.3) is 0 Å². The van der Waals surface area contributed by atoms with Gasteiger partial charge in [0.1, 0.15) is 17.2 Å². The first kappa shape index (κ1) is 12.0. The van der Waals surface area contributed by atoms with Crippen molar-refractivity contribution in [2.75, 3.05) is 11.5 Å². The summed E-state index contributed by atoms with van der Waals surface area (Å²) in [7, 11) is 0. The Morgan fingerprint density at radius 3 is 2.74 bits per heavy atom. The van der Waals surface area contributed by atoms with Crippen molar-refractivity contribution in [1.29, 1.82) is 0 Å². The van der Waals surface area contributed by atoms with Crippen LogP contribution in [-0.2, 0) is 0 Å². The molecular formula is C13H9BrFN3O. The number of nitrogens with zero attached hydrogens (tertiary/aromatic N) is 1. The van der Waals surface area contributed by atoms with Gasteiger partial charge in [-0.05, 0) is 40.2 Å². The van der Waals surface area contributed by atoms with E-state index < -0.39 is 0 Å². The topological polar surface area (TPSA) is 78.1 Å². The summed E-state index contributed by atoms with van der Waals surface area (Å²) in [6, 6.07) is 6.07. The number of fused-ring (bicyclic) bond motifs is 1. The minimum Gasteiger partial charge on any atom is -0.436 e. The Balaban J connectivity index is 2.33. The highest BCUT2D eigenvalue weighted by molar-refractivity contribution is 9.10. The second kappa shape index (κ2) is 4.24. The van der Waals surface area contributed by atoms with Crippen molar-refractivity contribution in [2.24, 2.45) is 0 Å². The van der Waals surface area contributed by atoms with Crippen molar-refractivity contribution in [1.82, 2.24) is 4.98 Å². The molecule has 1 aromatic carbocycles. The number of benzene rings is 1. The molecule has 3 rings (SSSR count). The van der Waals surface area contributed by atoms with Crippen molar-refractivity contribution in [2.45, 2.75) is 0 Å². The molecule has 6 heteroatoms. The zero-order chi connectivity index (χ0) is 13.6. The van der Waals surface area contributed by atoms with E-state index in [-0.39, 0.29) is 11.7 Å². The highest BCUT2D eigenvalue weighted by Gasteiger charge is 2.16. The molecule has 2 heterocycles. The maximum atomic E-state index is 13.1. The van der Waals surface area contributed by atoms with E-state index in [1.165, 1.54) is 12.1 Å². The van der Waals surface area contributed by atoms with Crippen LogP contribution in [0.2, 0.25) is 0 Å². The van der Waals surface area contributed by atoms with E-state index in [1.54, 1.807) is 18.3 Å². The summed E-state index contributed by atoms with van der Waals surface area (Å²) in [5.74, 6) is -0.177. The van der Waals surface area contributed by atoms with E-state index in [1.807, 2.05) is 0 Å². The monoisotopic (exact) mass is 321 g/mol. The number of nitrogens with two attached hydrogens (primary N) is 2. The molecule has 0 atom stereocenters. The van der Waals surface area contributed by atoms with E-state index in [2.05, 4.69) is 20.9 Å². The molecule has 19 heavy (non-hydrogen) atoms. The number of nitrogen functional groups attached to an aromatic ring is 2. The standard InChI is InChI=1S/C13H9BrFN3O/c14-9-5-6(15)1-2-7(9)11-12-8(3-4-18-11)10(16)13(17)19-12/h1-5H,16-17H2. The molecule has 0 unspecified atom stereocenters. The molecule has 0 aliphatic rings. The predicted molar refractivity (Wildman–Crippen MR) is 75.9 cm³/mol. The molecule has 0 saturated heterocycles. The van der Waals surface area contributed by atoms with Gasteiger partial charge in [0.05, 0.1) is 0 Å². The van der Waals surface area contributed by atoms with Crippen molar-refractivity contribution in [3.63, 3.8) is 0 Å². The molecular weight excluding hydrogens is 313 g/mol. The Kier molecular flexibility index (Phi) is 2.67. The van der Waals surface area contributed by atoms with Crippen molar-refractivity contribution < 1.29 is 8.81 Å². The third-order valence-corrected chi connectivity index (χ3v) is 3.51. The molecule has 4 N–H and O–H groups in total. The second-order valence-corrected chi connectivity index (χ2v) is 4.89. The third kappa shape index (κ3) is 1.84. The largest absolute Gasteiger partial charge is 0.436 e. The molecule has 4 nitrogen and oxygen atoms in total. The van der Waals surface area contributed by atoms with Crippen LogP contribution < -0.4 is 11.5 Å². The lowest BCUT2D eigenvalue weighted by Crippen LogP contribution is -1.89. The van der Waals surface area contributed by atoms with E-state index >= 15 is 0 Å². The molecule has 0 amide bonds. The Hall–Kier alpha value is -2.08. The first-order chi connectivity index (χ1) is 9.08. The molecule has 0 bridgehead atoms. The van der Waals surface area contributed by atoms with Crippen LogP contribution in [0.15, 0.2) is 39.4 Å². The van der Waals surface area contributed by atoms with Gasteiger partial charge in [-0.3, -0.25) is 4.98 Å². The highest BCUT2D eigenvalue weighted by Crippen LogP contribution is 2.37. The van der Waals surface area contributed by atoms with Gasteiger partial charge in [0, 0.05) is 21.6 Å². The summed E-state index contributed by atoms with van der Waals surface area (Å²) >= 11 is 3.31. The zero-order valence-electron chi connectivity index (χ0n) is 9.65. The number of anilines is 2. The second-order valence-electron chi connectivity index (χ2n) is 4.04. The number of aromatic nitrogens is 1. The lowest BCUT2D eigenvalue weighted by Gasteiger charge is -2.04. The number of hydrogen-bond donors (Lipinski definition) is 2. The summed E-state index contributed by atoms with van der Waals surface area (Å²) in [6.07, 6.45) is 1.61. The lowest BCUT2D eigenvalue weighted by atomic mass is 10.1. The smallest absolute Gasteiger partial charge is 0.214 e. The molecule has 0 fully saturated rings. The molecule has 0 aliphatic heterocycles. The first-order valence-corrected chi connectivity index (χ1v) is 6.25. The average molecular weight is 322 g/mol. The van der Waals surface area contributed by atoms with Gasteiger partial charge in [0.2, 0.25) is 5.88 Å². The predicted octanol–water partition coefficient (Wildman–Crippen LogP) is 3.56. The molecule has 96 valence electrons. The molecule has 0 aliphatic carbocycles. The van der Waals surface area contributed by atoms with Gasteiger partial charge in [-0.15, -0.1) is 0 Å². The quantitative estimate of drug-likeness (QED) is 0.718. The summed E-state index contributed by atoms with van der Waals surface area (Å²) < 4.78 is 19.2. The van der Waals surface area contributed by atoms with E-state index in [4.69, 9.17) is 15.9 Å². The summed E-state index contributed by atoms with van der Waals surface area (Å²) in [4.78, 5) is 4.26. The summed E-state index contributed by atoms with van der Waals surface area (Å²) in [5, 5.41) is 0.693. The fourth-order valence-corrected chi connectivity index (χ4v) is 2.47. The van der Waals surface area contributed by atoms with Gasteiger partial charge in [-0.1, -0.05) is 0 Å². The minimum atomic E-state index is -0.332. The number of pyridine rings is 1. The highest BCUT2D eigenvalue weighted by atomic mass is 79.9. The fraction of sp³-hybridized carbons (Fsp3) is 0. The number of hydrogen-bond acceptors (Lipinski definition) is 4. The van der Waals surface area contributed by atoms with Crippen LogP contribution in [0.4, 0.5) is 16.0 Å². The molecule has 3 aromatic rings. The summed E-state index contributed by atoms with van der Waals surface area (Å²) in [6.45, 7) is 0. The van der Waals surface area contributed by atoms with E-state index in [0.717, 1.165) is 0 Å². The van der Waals surface area contributed by atoms with Gasteiger partial charge >= 0.3 is 0 Å². The van der Waals surface area contributed by atoms with Crippen LogP contribution in [0.3, 0.4) is 0 Å². The Morgan fingerprint density at radius 1 is 1.21 bits per heavy atom. The first-order valence-electron chi connectivity index (χ1n) is 5.46. The molecule has 0 spiro atoms. The SMILES string of the molecule is Nc1oc2c(-c3ccc(F)cc3Br)nccc2c1N. The van der Waals surface area contributed by atoms with Gasteiger partial charge < -0.3 is 15.9 Å². The van der Waals surface area contributed by atoms with E-state index in [9.17, 15) is 4.39 Å². The Bertz CT molecular complexity index is 785. The average Bonchev–Trinajstić information content (AvgIpc) is 2.66. The molecule has 0 saturated carbocycles. The van der Waals surface area contributed by atoms with Crippen molar-refractivity contribution in [3.05, 3.63) is 40.8 Å². The van der Waals surface area contributed by atoms with Gasteiger partial charge in [-0.25, -0.2) is 4.39 Å². The zero-order valence-corrected chi connectivity index (χ0v) is 11.2. The Morgan fingerprint density at radius 2 is 2.00 bits per heavy atom. The number of furan rings is 1. The normalized spacial score (nSPS) is 11.1. The van der Waals surface area contributed by atoms with E-state index in [0.29, 0.717) is 32.4 Å². The molecule has 2 aromatic heterocycles. The van der Waals surface area contributed by atoms with Crippen LogP contribution in [0.1, 0.15) is 0 Å². The lowest BCUT2D eigenvalue weighted by molar-refractivity contribution is 0.626.